The van der Waals surface area contributed by atoms with Crippen molar-refractivity contribution in [2.24, 2.45) is 0 Å². The third kappa shape index (κ3) is 8.00. The second kappa shape index (κ2) is 8.32. The summed E-state index contributed by atoms with van der Waals surface area (Å²) in [6.07, 6.45) is 0.668. The molecule has 17 heavy (non-hydrogen) atoms. The zero-order chi connectivity index (χ0) is 13.3. The monoisotopic (exact) mass is 254 g/mol. The van der Waals surface area contributed by atoms with E-state index in [0.29, 0.717) is 19.6 Å². The van der Waals surface area contributed by atoms with Gasteiger partial charge in [-0.15, -0.1) is 0 Å². The van der Waals surface area contributed by atoms with Gasteiger partial charge in [0, 0.05) is 20.3 Å². The number of alkyl halides is 2. The zero-order valence-electron chi connectivity index (χ0n) is 10.1. The summed E-state index contributed by atoms with van der Waals surface area (Å²) in [5.41, 5.74) is 0. The fraction of sp³-hybridized carbons (Fsp3) is 0.900. The highest BCUT2D eigenvalue weighted by molar-refractivity contribution is 5.81. The van der Waals surface area contributed by atoms with E-state index in [1.165, 1.54) is 6.92 Å². The first-order chi connectivity index (χ1) is 7.93. The van der Waals surface area contributed by atoms with Gasteiger partial charge in [-0.3, -0.25) is 4.79 Å². The maximum atomic E-state index is 12.7. The summed E-state index contributed by atoms with van der Waals surface area (Å²) in [6, 6.07) is -0.727. The first-order valence-electron chi connectivity index (χ1n) is 5.41. The number of ether oxygens (including phenoxy) is 1. The molecule has 102 valence electrons. The lowest BCUT2D eigenvalue weighted by atomic mass is 10.2. The minimum Gasteiger partial charge on any atom is -0.390 e. The molecule has 0 saturated heterocycles. The van der Waals surface area contributed by atoms with Gasteiger partial charge in [-0.1, -0.05) is 0 Å². The minimum absolute atomic E-state index is 0.352. The predicted octanol–water partition coefficient (Wildman–Crippen LogP) is -0.255. The Labute approximate surface area is 99.5 Å². The average Bonchev–Trinajstić information content (AvgIpc) is 2.31. The molecule has 0 aromatic carbocycles. The molecule has 0 fully saturated rings. The molecule has 1 atom stereocenters. The van der Waals surface area contributed by atoms with Crippen molar-refractivity contribution in [1.82, 2.24) is 10.6 Å². The molecule has 1 amide bonds. The highest BCUT2D eigenvalue weighted by atomic mass is 19.3. The van der Waals surface area contributed by atoms with Crippen molar-refractivity contribution in [3.05, 3.63) is 0 Å². The summed E-state index contributed by atoms with van der Waals surface area (Å²) in [5, 5.41) is 13.3. The molecule has 0 rings (SSSR count). The molecule has 1 unspecified atom stereocenters. The molecule has 0 bridgehead atoms. The van der Waals surface area contributed by atoms with E-state index in [1.807, 2.05) is 0 Å². The third-order valence-corrected chi connectivity index (χ3v) is 2.12. The predicted molar refractivity (Wildman–Crippen MR) is 59.0 cm³/mol. The Morgan fingerprint density at radius 1 is 1.53 bits per heavy atom. The van der Waals surface area contributed by atoms with Crippen LogP contribution in [-0.2, 0) is 9.53 Å². The van der Waals surface area contributed by atoms with Gasteiger partial charge < -0.3 is 20.5 Å². The molecule has 0 aliphatic carbocycles. The lowest BCUT2D eigenvalue weighted by molar-refractivity contribution is -0.123. The number of carbonyl (C=O) groups is 1. The molecule has 3 N–H and O–H groups in total. The fourth-order valence-electron chi connectivity index (χ4n) is 1.03. The van der Waals surface area contributed by atoms with Gasteiger partial charge in [-0.2, -0.15) is 0 Å². The Kier molecular flexibility index (Phi) is 7.94. The van der Waals surface area contributed by atoms with E-state index in [2.05, 4.69) is 10.6 Å². The van der Waals surface area contributed by atoms with Gasteiger partial charge in [-0.25, -0.2) is 8.78 Å². The van der Waals surface area contributed by atoms with E-state index in [4.69, 9.17) is 9.84 Å². The van der Waals surface area contributed by atoms with Crippen LogP contribution in [0, 0.1) is 0 Å². The SMILES string of the molecule is COCCCNC(=O)C(C)NCC(F)(F)CO. The molecular formula is C10H20F2N2O3. The standard InChI is InChI=1S/C10H20F2N2O3/c1-8(14-6-10(11,12)7-15)9(16)13-4-3-5-17-2/h8,14-15H,3-7H2,1-2H3,(H,13,16). The molecular weight excluding hydrogens is 234 g/mol. The molecule has 0 aromatic heterocycles. The van der Waals surface area contributed by atoms with Gasteiger partial charge in [0.2, 0.25) is 5.91 Å². The van der Waals surface area contributed by atoms with E-state index in [1.54, 1.807) is 7.11 Å². The summed E-state index contributed by atoms with van der Waals surface area (Å²) in [4.78, 5) is 11.4. The van der Waals surface area contributed by atoms with Gasteiger partial charge in [0.1, 0.15) is 6.61 Å². The second-order valence-electron chi connectivity index (χ2n) is 3.75. The molecule has 0 aromatic rings. The van der Waals surface area contributed by atoms with Crippen LogP contribution in [0.5, 0.6) is 0 Å². The Morgan fingerprint density at radius 2 is 2.18 bits per heavy atom. The summed E-state index contributed by atoms with van der Waals surface area (Å²) in [6.45, 7) is 0.497. The number of hydrogen-bond donors (Lipinski definition) is 3. The Bertz CT molecular complexity index is 228. The number of carbonyl (C=O) groups excluding carboxylic acids is 1. The number of aliphatic hydroxyl groups excluding tert-OH is 1. The second-order valence-corrected chi connectivity index (χ2v) is 3.75. The summed E-state index contributed by atoms with van der Waals surface area (Å²) < 4.78 is 30.1. The van der Waals surface area contributed by atoms with Gasteiger partial charge >= 0.3 is 0 Å². The van der Waals surface area contributed by atoms with Crippen LogP contribution in [0.3, 0.4) is 0 Å². The maximum Gasteiger partial charge on any atom is 0.282 e. The van der Waals surface area contributed by atoms with Crippen LogP contribution in [0.15, 0.2) is 0 Å². The molecule has 0 spiro atoms. The van der Waals surface area contributed by atoms with Crippen LogP contribution in [0.25, 0.3) is 0 Å². The molecule has 0 aliphatic heterocycles. The normalized spacial score (nSPS) is 13.5. The largest absolute Gasteiger partial charge is 0.390 e. The first-order valence-corrected chi connectivity index (χ1v) is 5.41. The van der Waals surface area contributed by atoms with Gasteiger partial charge in [0.05, 0.1) is 12.6 Å². The third-order valence-electron chi connectivity index (χ3n) is 2.12. The molecule has 5 nitrogen and oxygen atoms in total. The number of amides is 1. The maximum absolute atomic E-state index is 12.7. The number of halogens is 2. The highest BCUT2D eigenvalue weighted by Crippen LogP contribution is 2.09. The fourth-order valence-corrected chi connectivity index (χ4v) is 1.03. The van der Waals surface area contributed by atoms with E-state index in [-0.39, 0.29) is 5.91 Å². The topological polar surface area (TPSA) is 70.6 Å². The van der Waals surface area contributed by atoms with Crippen LogP contribution >= 0.6 is 0 Å². The lowest BCUT2D eigenvalue weighted by Gasteiger charge is -2.18. The molecule has 0 saturated carbocycles. The summed E-state index contributed by atoms with van der Waals surface area (Å²) in [5.74, 6) is -3.56. The number of rotatable bonds is 9. The number of methoxy groups -OCH3 is 1. The summed E-state index contributed by atoms with van der Waals surface area (Å²) in [7, 11) is 1.56. The van der Waals surface area contributed by atoms with Crippen LogP contribution in [0.2, 0.25) is 0 Å². The number of hydrogen-bond acceptors (Lipinski definition) is 4. The molecule has 0 heterocycles. The quantitative estimate of drug-likeness (QED) is 0.496. The highest BCUT2D eigenvalue weighted by Gasteiger charge is 2.28. The summed E-state index contributed by atoms with van der Waals surface area (Å²) >= 11 is 0. The first kappa shape index (κ1) is 16.2. The van der Waals surface area contributed by atoms with Gasteiger partial charge in [-0.05, 0) is 13.3 Å². The molecule has 0 radical (unpaired) electrons. The number of nitrogens with one attached hydrogen (secondary N) is 2. The zero-order valence-corrected chi connectivity index (χ0v) is 10.1. The van der Waals surface area contributed by atoms with Crippen molar-refractivity contribution in [2.75, 3.05) is 33.4 Å². The van der Waals surface area contributed by atoms with Crippen LogP contribution in [0.1, 0.15) is 13.3 Å². The van der Waals surface area contributed by atoms with Crippen molar-refractivity contribution >= 4 is 5.91 Å². The minimum atomic E-state index is -3.20. The van der Waals surface area contributed by atoms with E-state index in [0.717, 1.165) is 0 Å². The van der Waals surface area contributed by atoms with Crippen molar-refractivity contribution in [1.29, 1.82) is 0 Å². The van der Waals surface area contributed by atoms with Crippen molar-refractivity contribution in [2.45, 2.75) is 25.3 Å². The Hall–Kier alpha value is -0.790. The molecule has 7 heteroatoms. The van der Waals surface area contributed by atoms with E-state index in [9.17, 15) is 13.6 Å². The van der Waals surface area contributed by atoms with E-state index >= 15 is 0 Å². The molecule has 0 aliphatic rings. The van der Waals surface area contributed by atoms with Crippen molar-refractivity contribution < 1.29 is 23.4 Å². The Balaban J connectivity index is 3.74. The number of aliphatic hydroxyl groups is 1. The van der Waals surface area contributed by atoms with E-state index < -0.39 is 25.1 Å². The van der Waals surface area contributed by atoms with Crippen LogP contribution < -0.4 is 10.6 Å². The van der Waals surface area contributed by atoms with Crippen molar-refractivity contribution in [3.63, 3.8) is 0 Å². The van der Waals surface area contributed by atoms with Gasteiger partial charge in [0.25, 0.3) is 5.92 Å². The van der Waals surface area contributed by atoms with Gasteiger partial charge in [0.15, 0.2) is 0 Å². The smallest absolute Gasteiger partial charge is 0.282 e. The van der Waals surface area contributed by atoms with Crippen LogP contribution in [0.4, 0.5) is 8.78 Å². The van der Waals surface area contributed by atoms with Crippen LogP contribution in [-0.4, -0.2) is 56.4 Å². The van der Waals surface area contributed by atoms with Crippen molar-refractivity contribution in [3.8, 4) is 0 Å². The average molecular weight is 254 g/mol. The lowest BCUT2D eigenvalue weighted by Crippen LogP contribution is -2.47. The Morgan fingerprint density at radius 3 is 2.71 bits per heavy atom.